The summed E-state index contributed by atoms with van der Waals surface area (Å²) in [6, 6.07) is 17.8. The summed E-state index contributed by atoms with van der Waals surface area (Å²) >= 11 is 0. The number of anilines is 1. The Morgan fingerprint density at radius 2 is 1.78 bits per heavy atom. The number of hydrogen-bond acceptors (Lipinski definition) is 4. The third kappa shape index (κ3) is 2.30. The van der Waals surface area contributed by atoms with Gasteiger partial charge in [0, 0.05) is 16.8 Å². The van der Waals surface area contributed by atoms with Crippen molar-refractivity contribution >= 4 is 37.5 Å². The molecule has 0 saturated heterocycles. The summed E-state index contributed by atoms with van der Waals surface area (Å²) in [4.78, 5) is 12.3. The maximum absolute atomic E-state index is 13.2. The summed E-state index contributed by atoms with van der Waals surface area (Å²) in [7, 11) is -3.69. The van der Waals surface area contributed by atoms with Crippen LogP contribution in [0, 0.1) is 6.92 Å². The van der Waals surface area contributed by atoms with Gasteiger partial charge >= 0.3 is 5.63 Å². The molecule has 5 nitrogen and oxygen atoms in total. The van der Waals surface area contributed by atoms with Crippen LogP contribution < -0.4 is 9.93 Å². The van der Waals surface area contributed by atoms with E-state index in [1.807, 2.05) is 37.3 Å². The number of aryl methyl sites for hydroxylation is 1. The van der Waals surface area contributed by atoms with Crippen molar-refractivity contribution in [1.29, 1.82) is 0 Å². The summed E-state index contributed by atoms with van der Waals surface area (Å²) < 4.78 is 33.0. The summed E-state index contributed by atoms with van der Waals surface area (Å²) in [5, 5.41) is 2.34. The lowest BCUT2D eigenvalue weighted by molar-refractivity contribution is 0.558. The third-order valence-corrected chi connectivity index (χ3v) is 6.78. The first-order valence-electron chi connectivity index (χ1n) is 8.53. The van der Waals surface area contributed by atoms with Crippen LogP contribution in [-0.4, -0.2) is 8.42 Å². The second kappa shape index (κ2) is 5.44. The fourth-order valence-electron chi connectivity index (χ4n) is 3.75. The molecular formula is C21H15NO4S. The highest BCUT2D eigenvalue weighted by molar-refractivity contribution is 7.93. The van der Waals surface area contributed by atoms with E-state index in [1.54, 1.807) is 24.3 Å². The normalized spacial score (nSPS) is 14.9. The van der Waals surface area contributed by atoms with Crippen LogP contribution in [0.4, 0.5) is 5.69 Å². The Bertz CT molecular complexity index is 1400. The standard InChI is InChI=1S/C21H15NO4S/c1-13-8-9-16-15(11-20(23)26-18(16)10-13)12-22-17-6-2-4-14-5-3-7-19(21(14)17)27(22,24)25/h2-11H,12H2,1H3. The predicted octanol–water partition coefficient (Wildman–Crippen LogP) is 3.96. The Morgan fingerprint density at radius 1 is 1.00 bits per heavy atom. The van der Waals surface area contributed by atoms with Gasteiger partial charge < -0.3 is 4.42 Å². The van der Waals surface area contributed by atoms with Gasteiger partial charge in [-0.25, -0.2) is 13.2 Å². The minimum atomic E-state index is -3.69. The molecule has 1 aliphatic rings. The highest BCUT2D eigenvalue weighted by atomic mass is 32.2. The van der Waals surface area contributed by atoms with Gasteiger partial charge in [-0.2, -0.15) is 0 Å². The van der Waals surface area contributed by atoms with Crippen LogP contribution in [0.15, 0.2) is 74.8 Å². The van der Waals surface area contributed by atoms with E-state index in [2.05, 4.69) is 0 Å². The largest absolute Gasteiger partial charge is 0.423 e. The predicted molar refractivity (Wildman–Crippen MR) is 105 cm³/mol. The quantitative estimate of drug-likeness (QED) is 0.496. The molecule has 0 N–H and O–H groups in total. The molecule has 2 heterocycles. The maximum atomic E-state index is 13.2. The van der Waals surface area contributed by atoms with Gasteiger partial charge in [-0.15, -0.1) is 0 Å². The topological polar surface area (TPSA) is 67.6 Å². The highest BCUT2D eigenvalue weighted by Gasteiger charge is 2.35. The Balaban J connectivity index is 1.73. The fraction of sp³-hybridized carbons (Fsp3) is 0.0952. The van der Waals surface area contributed by atoms with Gasteiger partial charge in [0.2, 0.25) is 0 Å². The van der Waals surface area contributed by atoms with Gasteiger partial charge in [-0.05, 0) is 41.6 Å². The minimum Gasteiger partial charge on any atom is -0.423 e. The zero-order valence-electron chi connectivity index (χ0n) is 14.5. The molecule has 0 fully saturated rings. The van der Waals surface area contributed by atoms with Gasteiger partial charge in [0.1, 0.15) is 5.58 Å². The first-order valence-corrected chi connectivity index (χ1v) is 9.97. The van der Waals surface area contributed by atoms with Crippen molar-refractivity contribution in [2.24, 2.45) is 0 Å². The van der Waals surface area contributed by atoms with Crippen molar-refractivity contribution in [2.75, 3.05) is 4.31 Å². The van der Waals surface area contributed by atoms with Crippen LogP contribution in [0.3, 0.4) is 0 Å². The number of sulfonamides is 1. The Kier molecular flexibility index (Phi) is 3.24. The van der Waals surface area contributed by atoms with Gasteiger partial charge in [0.15, 0.2) is 0 Å². The number of hydrogen-bond donors (Lipinski definition) is 0. The lowest BCUT2D eigenvalue weighted by Gasteiger charge is -2.19. The van der Waals surface area contributed by atoms with Crippen LogP contribution in [0.2, 0.25) is 0 Å². The van der Waals surface area contributed by atoms with Gasteiger partial charge in [-0.1, -0.05) is 36.4 Å². The number of fused-ring (bicyclic) bond motifs is 1. The van der Waals surface area contributed by atoms with Crippen LogP contribution in [0.1, 0.15) is 11.1 Å². The fourth-order valence-corrected chi connectivity index (χ4v) is 5.44. The third-order valence-electron chi connectivity index (χ3n) is 4.98. The van der Waals surface area contributed by atoms with Crippen molar-refractivity contribution < 1.29 is 12.8 Å². The highest BCUT2D eigenvalue weighted by Crippen LogP contribution is 2.43. The van der Waals surface area contributed by atoms with Crippen molar-refractivity contribution in [3.05, 3.63) is 82.2 Å². The lowest BCUT2D eigenvalue weighted by Crippen LogP contribution is -2.27. The summed E-state index contributed by atoms with van der Waals surface area (Å²) in [6.07, 6.45) is 0. The lowest BCUT2D eigenvalue weighted by atomic mass is 10.1. The van der Waals surface area contributed by atoms with E-state index in [0.717, 1.165) is 21.7 Å². The molecule has 5 rings (SSSR count). The second-order valence-electron chi connectivity index (χ2n) is 6.73. The number of rotatable bonds is 2. The van der Waals surface area contributed by atoms with E-state index in [9.17, 15) is 13.2 Å². The molecule has 0 saturated carbocycles. The molecule has 0 amide bonds. The minimum absolute atomic E-state index is 0.0707. The van der Waals surface area contributed by atoms with Crippen LogP contribution in [-0.2, 0) is 16.6 Å². The Morgan fingerprint density at radius 3 is 2.59 bits per heavy atom. The average molecular weight is 377 g/mol. The number of benzene rings is 3. The summed E-state index contributed by atoms with van der Waals surface area (Å²) in [5.41, 5.74) is 2.19. The first kappa shape index (κ1) is 16.1. The summed E-state index contributed by atoms with van der Waals surface area (Å²) in [6.45, 7) is 1.98. The first-order chi connectivity index (χ1) is 12.9. The molecule has 0 aliphatic carbocycles. The summed E-state index contributed by atoms with van der Waals surface area (Å²) in [5.74, 6) is 0. The molecule has 0 atom stereocenters. The van der Waals surface area contributed by atoms with Crippen molar-refractivity contribution in [3.8, 4) is 0 Å². The van der Waals surface area contributed by atoms with Crippen LogP contribution in [0.5, 0.6) is 0 Å². The van der Waals surface area contributed by atoms with Gasteiger partial charge in [0.05, 0.1) is 17.1 Å². The monoisotopic (exact) mass is 377 g/mol. The second-order valence-corrected chi connectivity index (χ2v) is 8.56. The molecule has 1 aromatic heterocycles. The van der Waals surface area contributed by atoms with E-state index in [1.165, 1.54) is 10.4 Å². The van der Waals surface area contributed by atoms with E-state index in [-0.39, 0.29) is 6.54 Å². The van der Waals surface area contributed by atoms with E-state index in [4.69, 9.17) is 4.42 Å². The van der Waals surface area contributed by atoms with Gasteiger partial charge in [0.25, 0.3) is 10.0 Å². The van der Waals surface area contributed by atoms with Crippen molar-refractivity contribution in [1.82, 2.24) is 0 Å². The average Bonchev–Trinajstić information content (AvgIpc) is 2.85. The smallest absolute Gasteiger partial charge is 0.336 e. The molecule has 3 aromatic carbocycles. The van der Waals surface area contributed by atoms with E-state index >= 15 is 0 Å². The molecule has 0 bridgehead atoms. The van der Waals surface area contributed by atoms with Crippen molar-refractivity contribution in [3.63, 3.8) is 0 Å². The molecular weight excluding hydrogens is 362 g/mol. The maximum Gasteiger partial charge on any atom is 0.336 e. The number of nitrogens with zero attached hydrogens (tertiary/aromatic N) is 1. The molecule has 134 valence electrons. The Hall–Kier alpha value is -3.12. The zero-order valence-corrected chi connectivity index (χ0v) is 15.3. The molecule has 27 heavy (non-hydrogen) atoms. The Labute approximate surface area is 155 Å². The van der Waals surface area contributed by atoms with Crippen LogP contribution in [0.25, 0.3) is 21.7 Å². The molecule has 6 heteroatoms. The molecule has 1 aliphatic heterocycles. The molecule has 4 aromatic rings. The SMILES string of the molecule is Cc1ccc2c(CN3c4cccc5cccc(c45)S3(=O)=O)cc(=O)oc2c1. The van der Waals surface area contributed by atoms with Crippen molar-refractivity contribution in [2.45, 2.75) is 18.4 Å². The molecule has 0 radical (unpaired) electrons. The molecule has 0 spiro atoms. The van der Waals surface area contributed by atoms with E-state index in [0.29, 0.717) is 21.7 Å². The zero-order chi connectivity index (χ0) is 18.8. The van der Waals surface area contributed by atoms with Gasteiger partial charge in [-0.3, -0.25) is 4.31 Å². The molecule has 0 unspecified atom stereocenters. The van der Waals surface area contributed by atoms with E-state index < -0.39 is 15.6 Å². The van der Waals surface area contributed by atoms with Crippen LogP contribution >= 0.6 is 0 Å².